The molecule has 4 aliphatic carbocycles. The molecule has 4 rings (SSSR count). The zero-order chi connectivity index (χ0) is 25.4. The van der Waals surface area contributed by atoms with Gasteiger partial charge in [-0.15, -0.1) is 0 Å². The van der Waals surface area contributed by atoms with Gasteiger partial charge in [0, 0.05) is 13.0 Å². The molecular formula is C29H52N2O4. The van der Waals surface area contributed by atoms with E-state index in [2.05, 4.69) is 26.1 Å². The maximum absolute atomic E-state index is 12.4. The molecule has 0 spiro atoms. The van der Waals surface area contributed by atoms with Crippen LogP contribution in [0.15, 0.2) is 0 Å². The number of carbonyl (C=O) groups is 1. The van der Waals surface area contributed by atoms with Gasteiger partial charge in [0.15, 0.2) is 0 Å². The number of aliphatic hydroxyl groups is 3. The van der Waals surface area contributed by atoms with Gasteiger partial charge in [0.1, 0.15) is 0 Å². The first kappa shape index (κ1) is 27.3. The quantitative estimate of drug-likeness (QED) is 0.315. The number of amides is 1. The van der Waals surface area contributed by atoms with Crippen molar-refractivity contribution in [2.45, 2.75) is 116 Å². The van der Waals surface area contributed by atoms with Crippen LogP contribution in [0.4, 0.5) is 0 Å². The van der Waals surface area contributed by atoms with Gasteiger partial charge in [-0.2, -0.15) is 0 Å². The number of aliphatic hydroxyl groups excluding tert-OH is 3. The SMILES string of the molecule is C[C@@H](CCC(=O)NCCCCCN)[C@@H]1CC[C@@H]2[C@@H]3[C@@H](C[C@@H](O)[C@]21C)[C@]1(C)CC[C@H](O)C[C@@H]1C[C@@H]3O. The molecule has 0 aromatic carbocycles. The fraction of sp³-hybridized carbons (Fsp3) is 0.966. The number of nitrogens with two attached hydrogens (primary N) is 1. The molecule has 11 atom stereocenters. The van der Waals surface area contributed by atoms with Gasteiger partial charge in [0.25, 0.3) is 0 Å². The molecule has 6 N–H and O–H groups in total. The number of unbranched alkanes of at least 4 members (excludes halogenated alkanes) is 2. The molecule has 0 aliphatic heterocycles. The van der Waals surface area contributed by atoms with Crippen LogP contribution >= 0.6 is 0 Å². The Morgan fingerprint density at radius 2 is 1.80 bits per heavy atom. The average molecular weight is 493 g/mol. The molecule has 0 heterocycles. The van der Waals surface area contributed by atoms with Crippen LogP contribution in [0.25, 0.3) is 0 Å². The maximum Gasteiger partial charge on any atom is 0.220 e. The molecule has 0 aromatic heterocycles. The van der Waals surface area contributed by atoms with Crippen molar-refractivity contribution in [3.8, 4) is 0 Å². The smallest absolute Gasteiger partial charge is 0.220 e. The molecular weight excluding hydrogens is 440 g/mol. The molecule has 0 bridgehead atoms. The largest absolute Gasteiger partial charge is 0.393 e. The third-order valence-corrected chi connectivity index (χ3v) is 11.6. The maximum atomic E-state index is 12.4. The number of fused-ring (bicyclic) bond motifs is 5. The minimum absolute atomic E-state index is 0.109. The summed E-state index contributed by atoms with van der Waals surface area (Å²) >= 11 is 0. The van der Waals surface area contributed by atoms with Crippen molar-refractivity contribution in [1.82, 2.24) is 5.32 Å². The van der Waals surface area contributed by atoms with Gasteiger partial charge < -0.3 is 26.4 Å². The number of hydrogen-bond acceptors (Lipinski definition) is 5. The van der Waals surface area contributed by atoms with Crippen molar-refractivity contribution in [2.24, 2.45) is 52.1 Å². The van der Waals surface area contributed by atoms with Crippen molar-refractivity contribution in [2.75, 3.05) is 13.1 Å². The van der Waals surface area contributed by atoms with E-state index in [9.17, 15) is 20.1 Å². The Balaban J connectivity index is 1.40. The zero-order valence-electron chi connectivity index (χ0n) is 22.4. The Hall–Kier alpha value is -0.690. The van der Waals surface area contributed by atoms with Crippen LogP contribution in [0.1, 0.15) is 97.8 Å². The first-order valence-corrected chi connectivity index (χ1v) is 14.6. The standard InChI is InChI=1S/C29H52N2O4/c1-18(7-10-26(35)31-14-6-4-5-13-30)21-8-9-22-27-23(17-25(34)29(21,22)3)28(2)12-11-20(32)15-19(28)16-24(27)33/h18-25,27,32-34H,4-17,30H2,1-3H3,(H,31,35)/t18-,19+,20-,21-,22+,23+,24-,25+,27+,28+,29-/m0/s1. The van der Waals surface area contributed by atoms with Crippen molar-refractivity contribution in [3.63, 3.8) is 0 Å². The third kappa shape index (κ3) is 5.06. The van der Waals surface area contributed by atoms with Gasteiger partial charge in [-0.3, -0.25) is 4.79 Å². The van der Waals surface area contributed by atoms with Crippen molar-refractivity contribution >= 4 is 5.91 Å². The van der Waals surface area contributed by atoms with Crippen molar-refractivity contribution in [3.05, 3.63) is 0 Å². The van der Waals surface area contributed by atoms with E-state index in [1.807, 2.05) is 0 Å². The molecule has 4 fully saturated rings. The lowest BCUT2D eigenvalue weighted by atomic mass is 9.43. The molecule has 35 heavy (non-hydrogen) atoms. The summed E-state index contributed by atoms with van der Waals surface area (Å²) in [6, 6.07) is 0. The summed E-state index contributed by atoms with van der Waals surface area (Å²) in [6.45, 7) is 8.37. The normalized spacial score (nSPS) is 45.8. The van der Waals surface area contributed by atoms with E-state index in [0.29, 0.717) is 42.6 Å². The van der Waals surface area contributed by atoms with E-state index < -0.39 is 0 Å². The Bertz CT molecular complexity index is 733. The Morgan fingerprint density at radius 3 is 2.54 bits per heavy atom. The van der Waals surface area contributed by atoms with E-state index in [1.165, 1.54) is 0 Å². The molecule has 0 unspecified atom stereocenters. The first-order valence-electron chi connectivity index (χ1n) is 14.6. The topological polar surface area (TPSA) is 116 Å². The van der Waals surface area contributed by atoms with Crippen LogP contribution in [0.5, 0.6) is 0 Å². The lowest BCUT2D eigenvalue weighted by Crippen LogP contribution is -2.62. The molecule has 0 radical (unpaired) electrons. The fourth-order valence-corrected chi connectivity index (χ4v) is 9.45. The molecule has 1 amide bonds. The highest BCUT2D eigenvalue weighted by Gasteiger charge is 2.65. The Kier molecular flexibility index (Phi) is 8.57. The minimum atomic E-state index is -0.366. The minimum Gasteiger partial charge on any atom is -0.393 e. The molecule has 6 heteroatoms. The second kappa shape index (κ2) is 11.0. The van der Waals surface area contributed by atoms with E-state index in [0.717, 1.165) is 77.2 Å². The summed E-state index contributed by atoms with van der Waals surface area (Å²) in [7, 11) is 0. The predicted octanol–water partition coefficient (Wildman–Crippen LogP) is 3.61. The lowest BCUT2D eigenvalue weighted by molar-refractivity contribution is -0.207. The van der Waals surface area contributed by atoms with Gasteiger partial charge in [0.05, 0.1) is 18.3 Å². The molecule has 0 aromatic rings. The summed E-state index contributed by atoms with van der Waals surface area (Å²) in [6.07, 6.45) is 9.86. The summed E-state index contributed by atoms with van der Waals surface area (Å²) in [5.41, 5.74) is 5.45. The molecule has 0 saturated heterocycles. The van der Waals surface area contributed by atoms with Gasteiger partial charge >= 0.3 is 0 Å². The van der Waals surface area contributed by atoms with Crippen LogP contribution in [-0.2, 0) is 4.79 Å². The van der Waals surface area contributed by atoms with Crippen molar-refractivity contribution < 1.29 is 20.1 Å². The van der Waals surface area contributed by atoms with Crippen LogP contribution < -0.4 is 11.1 Å². The van der Waals surface area contributed by atoms with E-state index >= 15 is 0 Å². The molecule has 4 saturated carbocycles. The summed E-state index contributed by atoms with van der Waals surface area (Å²) < 4.78 is 0. The van der Waals surface area contributed by atoms with Crippen LogP contribution in [0, 0.1) is 46.3 Å². The number of nitrogens with one attached hydrogen (secondary N) is 1. The number of hydrogen-bond donors (Lipinski definition) is 5. The van der Waals surface area contributed by atoms with E-state index in [4.69, 9.17) is 5.73 Å². The molecule has 202 valence electrons. The number of carbonyl (C=O) groups excluding carboxylic acids is 1. The zero-order valence-corrected chi connectivity index (χ0v) is 22.4. The molecule has 6 nitrogen and oxygen atoms in total. The Morgan fingerprint density at radius 1 is 1.03 bits per heavy atom. The van der Waals surface area contributed by atoms with Crippen LogP contribution in [0.2, 0.25) is 0 Å². The van der Waals surface area contributed by atoms with Gasteiger partial charge in [-0.1, -0.05) is 27.2 Å². The van der Waals surface area contributed by atoms with Gasteiger partial charge in [-0.25, -0.2) is 0 Å². The summed E-state index contributed by atoms with van der Waals surface area (Å²) in [5, 5.41) is 36.4. The third-order valence-electron chi connectivity index (χ3n) is 11.6. The fourth-order valence-electron chi connectivity index (χ4n) is 9.45. The predicted molar refractivity (Wildman–Crippen MR) is 138 cm³/mol. The first-order chi connectivity index (χ1) is 16.6. The summed E-state index contributed by atoms with van der Waals surface area (Å²) in [4.78, 5) is 12.4. The highest BCUT2D eigenvalue weighted by molar-refractivity contribution is 5.75. The molecule has 4 aliphatic rings. The van der Waals surface area contributed by atoms with Crippen molar-refractivity contribution in [1.29, 1.82) is 0 Å². The van der Waals surface area contributed by atoms with Gasteiger partial charge in [0.2, 0.25) is 5.91 Å². The monoisotopic (exact) mass is 492 g/mol. The second-order valence-corrected chi connectivity index (χ2v) is 13.2. The summed E-state index contributed by atoms with van der Waals surface area (Å²) in [5.74, 6) is 2.14. The lowest BCUT2D eigenvalue weighted by Gasteiger charge is -2.63. The van der Waals surface area contributed by atoms with Crippen LogP contribution in [0.3, 0.4) is 0 Å². The number of rotatable bonds is 9. The van der Waals surface area contributed by atoms with Gasteiger partial charge in [-0.05, 0) is 117 Å². The van der Waals surface area contributed by atoms with E-state index in [1.54, 1.807) is 0 Å². The second-order valence-electron chi connectivity index (χ2n) is 13.2. The highest BCUT2D eigenvalue weighted by Crippen LogP contribution is 2.68. The van der Waals surface area contributed by atoms with E-state index in [-0.39, 0.29) is 41.0 Å². The Labute approximate surface area is 212 Å². The highest BCUT2D eigenvalue weighted by atomic mass is 16.3. The average Bonchev–Trinajstić information content (AvgIpc) is 3.17. The van der Waals surface area contributed by atoms with Crippen LogP contribution in [-0.4, -0.2) is 52.6 Å².